The molecular formula is C20H34N4O5. The molecule has 1 saturated carbocycles. The fourth-order valence-corrected chi connectivity index (χ4v) is 4.45. The monoisotopic (exact) mass is 410 g/mol. The van der Waals surface area contributed by atoms with E-state index in [9.17, 15) is 4.79 Å². The van der Waals surface area contributed by atoms with Gasteiger partial charge in [-0.3, -0.25) is 4.68 Å². The summed E-state index contributed by atoms with van der Waals surface area (Å²) in [5.74, 6) is 1.07. The Morgan fingerprint density at radius 2 is 2.14 bits per heavy atom. The zero-order chi connectivity index (χ0) is 20.9. The van der Waals surface area contributed by atoms with Gasteiger partial charge in [0.25, 0.3) is 5.88 Å². The third-order valence-corrected chi connectivity index (χ3v) is 5.92. The van der Waals surface area contributed by atoms with Crippen molar-refractivity contribution in [3.8, 4) is 11.6 Å². The highest BCUT2D eigenvalue weighted by molar-refractivity contribution is 5.68. The first kappa shape index (κ1) is 21.9. The van der Waals surface area contributed by atoms with Crippen molar-refractivity contribution in [1.29, 1.82) is 0 Å². The third-order valence-electron chi connectivity index (χ3n) is 5.92. The number of aromatic nitrogens is 2. The molecule has 2 fully saturated rings. The largest absolute Gasteiger partial charge is 0.474 e. The molecule has 0 spiro atoms. The Hall–Kier alpha value is -1.84. The molecule has 0 unspecified atom stereocenters. The van der Waals surface area contributed by atoms with Crippen molar-refractivity contribution in [2.45, 2.75) is 63.7 Å². The molecule has 1 saturated heterocycles. The summed E-state index contributed by atoms with van der Waals surface area (Å²) in [5.41, 5.74) is 5.07. The molecule has 0 bridgehead atoms. The third kappa shape index (κ3) is 5.61. The smallest absolute Gasteiger partial charge is 0.410 e. The molecule has 3 N–H and O–H groups in total. The van der Waals surface area contributed by atoms with Crippen LogP contribution in [0.5, 0.6) is 11.6 Å². The molecule has 0 radical (unpaired) electrons. The number of morpholine rings is 1. The standard InChI is InChI=1S/C20H34N4O5/c1-14-11-22-13-20(2,29-14)15-5-7-16(8-6-15)24-12-17(28-19(21)25)18(23-24)27-10-4-9-26-3/h12,14-16,22H,4-11,13H2,1-3H3,(H2,21,25)/t14-,15?,16?,20-/m1/s1. The van der Waals surface area contributed by atoms with Gasteiger partial charge < -0.3 is 30.0 Å². The summed E-state index contributed by atoms with van der Waals surface area (Å²) in [6, 6.07) is 0.232. The predicted octanol–water partition coefficient (Wildman–Crippen LogP) is 2.25. The van der Waals surface area contributed by atoms with Crippen molar-refractivity contribution in [3.05, 3.63) is 6.20 Å². The second-order valence-corrected chi connectivity index (χ2v) is 8.27. The molecule has 1 aliphatic heterocycles. The summed E-state index contributed by atoms with van der Waals surface area (Å²) in [7, 11) is 1.64. The van der Waals surface area contributed by atoms with E-state index < -0.39 is 6.09 Å². The van der Waals surface area contributed by atoms with E-state index in [4.69, 9.17) is 24.7 Å². The van der Waals surface area contributed by atoms with Gasteiger partial charge in [-0.15, -0.1) is 5.10 Å². The minimum atomic E-state index is -0.876. The first-order chi connectivity index (χ1) is 13.9. The number of nitrogens with one attached hydrogen (secondary N) is 1. The summed E-state index contributed by atoms with van der Waals surface area (Å²) >= 11 is 0. The highest BCUT2D eigenvalue weighted by Gasteiger charge is 2.41. The molecule has 164 valence electrons. The molecule has 1 amide bonds. The molecule has 9 heteroatoms. The van der Waals surface area contributed by atoms with Gasteiger partial charge in [0.1, 0.15) is 0 Å². The van der Waals surface area contributed by atoms with Gasteiger partial charge in [-0.25, -0.2) is 4.79 Å². The van der Waals surface area contributed by atoms with Gasteiger partial charge >= 0.3 is 6.09 Å². The van der Waals surface area contributed by atoms with Crippen LogP contribution < -0.4 is 20.5 Å². The van der Waals surface area contributed by atoms with Crippen molar-refractivity contribution >= 4 is 6.09 Å². The van der Waals surface area contributed by atoms with Crippen molar-refractivity contribution in [1.82, 2.24) is 15.1 Å². The quantitative estimate of drug-likeness (QED) is 0.633. The summed E-state index contributed by atoms with van der Waals surface area (Å²) in [6.45, 7) is 7.16. The van der Waals surface area contributed by atoms with Crippen molar-refractivity contribution in [2.24, 2.45) is 11.7 Å². The zero-order valence-electron chi connectivity index (χ0n) is 17.7. The Morgan fingerprint density at radius 1 is 1.38 bits per heavy atom. The molecule has 9 nitrogen and oxygen atoms in total. The number of methoxy groups -OCH3 is 1. The molecule has 1 aliphatic carbocycles. The summed E-state index contributed by atoms with van der Waals surface area (Å²) in [5, 5.41) is 8.02. The maximum Gasteiger partial charge on any atom is 0.410 e. The number of nitrogens with zero attached hydrogens (tertiary/aromatic N) is 2. The van der Waals surface area contributed by atoms with Crippen LogP contribution in [0.3, 0.4) is 0 Å². The van der Waals surface area contributed by atoms with Gasteiger partial charge in [-0.05, 0) is 45.4 Å². The molecule has 2 heterocycles. The van der Waals surface area contributed by atoms with E-state index in [0.29, 0.717) is 25.0 Å². The minimum Gasteiger partial charge on any atom is -0.474 e. The lowest BCUT2D eigenvalue weighted by atomic mass is 9.75. The van der Waals surface area contributed by atoms with E-state index in [1.807, 2.05) is 4.68 Å². The zero-order valence-corrected chi connectivity index (χ0v) is 17.7. The number of nitrogens with two attached hydrogens (primary N) is 1. The van der Waals surface area contributed by atoms with E-state index in [1.165, 1.54) is 0 Å². The van der Waals surface area contributed by atoms with Gasteiger partial charge in [0.2, 0.25) is 5.75 Å². The fourth-order valence-electron chi connectivity index (χ4n) is 4.45. The molecule has 1 aromatic heterocycles. The highest BCUT2D eigenvalue weighted by atomic mass is 16.6. The second-order valence-electron chi connectivity index (χ2n) is 8.27. The number of hydrogen-bond acceptors (Lipinski definition) is 7. The topological polar surface area (TPSA) is 110 Å². The van der Waals surface area contributed by atoms with Crippen LogP contribution in [0.25, 0.3) is 0 Å². The lowest BCUT2D eigenvalue weighted by Crippen LogP contribution is -2.55. The minimum absolute atomic E-state index is 0.122. The molecule has 3 rings (SSSR count). The molecule has 2 aliphatic rings. The first-order valence-corrected chi connectivity index (χ1v) is 10.5. The molecule has 0 aromatic carbocycles. The van der Waals surface area contributed by atoms with E-state index >= 15 is 0 Å². The number of ether oxygens (including phenoxy) is 4. The van der Waals surface area contributed by atoms with Crippen LogP contribution in [0.2, 0.25) is 0 Å². The van der Waals surface area contributed by atoms with Crippen LogP contribution in [-0.2, 0) is 9.47 Å². The summed E-state index contributed by atoms with van der Waals surface area (Å²) in [6.07, 6.45) is 5.89. The van der Waals surface area contributed by atoms with Crippen molar-refractivity contribution < 1.29 is 23.7 Å². The maximum atomic E-state index is 11.2. The fraction of sp³-hybridized carbons (Fsp3) is 0.800. The van der Waals surface area contributed by atoms with Gasteiger partial charge in [0.05, 0.1) is 30.6 Å². The van der Waals surface area contributed by atoms with Crippen LogP contribution in [0.1, 0.15) is 52.0 Å². The number of primary amides is 1. The van der Waals surface area contributed by atoms with E-state index in [1.54, 1.807) is 13.3 Å². The van der Waals surface area contributed by atoms with Crippen LogP contribution >= 0.6 is 0 Å². The van der Waals surface area contributed by atoms with Gasteiger partial charge in [-0.2, -0.15) is 0 Å². The molecule has 29 heavy (non-hydrogen) atoms. The Morgan fingerprint density at radius 3 is 2.79 bits per heavy atom. The summed E-state index contributed by atoms with van der Waals surface area (Å²) < 4.78 is 23.9. The van der Waals surface area contributed by atoms with Gasteiger partial charge in [-0.1, -0.05) is 0 Å². The Bertz CT molecular complexity index is 674. The number of hydrogen-bond donors (Lipinski definition) is 2. The SMILES string of the molecule is COCCCOc1nn(C2CCC([C@@]3(C)CNC[C@@H](C)O3)CC2)cc1OC(N)=O. The maximum absolute atomic E-state index is 11.2. The van der Waals surface area contributed by atoms with Crippen LogP contribution in [0.15, 0.2) is 6.20 Å². The van der Waals surface area contributed by atoms with E-state index in [2.05, 4.69) is 24.3 Å². The van der Waals surface area contributed by atoms with Gasteiger partial charge in [0.15, 0.2) is 0 Å². The van der Waals surface area contributed by atoms with Crippen molar-refractivity contribution in [3.63, 3.8) is 0 Å². The number of carbonyl (C=O) groups excluding carboxylic acids is 1. The number of carbonyl (C=O) groups is 1. The summed E-state index contributed by atoms with van der Waals surface area (Å²) in [4.78, 5) is 11.2. The first-order valence-electron chi connectivity index (χ1n) is 10.5. The van der Waals surface area contributed by atoms with Crippen LogP contribution in [-0.4, -0.2) is 61.0 Å². The van der Waals surface area contributed by atoms with Gasteiger partial charge in [0, 0.05) is 33.2 Å². The van der Waals surface area contributed by atoms with E-state index in [-0.39, 0.29) is 23.5 Å². The predicted molar refractivity (Wildman–Crippen MR) is 107 cm³/mol. The van der Waals surface area contributed by atoms with Crippen molar-refractivity contribution in [2.75, 3.05) is 33.4 Å². The van der Waals surface area contributed by atoms with Crippen LogP contribution in [0.4, 0.5) is 4.79 Å². The lowest BCUT2D eigenvalue weighted by Gasteiger charge is -2.46. The average Bonchev–Trinajstić information content (AvgIpc) is 3.07. The Kier molecular flexibility index (Phi) is 7.37. The number of rotatable bonds is 8. The molecule has 2 atom stereocenters. The Balaban J connectivity index is 1.62. The molecular weight excluding hydrogens is 376 g/mol. The number of amides is 1. The molecule has 1 aromatic rings. The highest BCUT2D eigenvalue weighted by Crippen LogP contribution is 2.41. The second kappa shape index (κ2) is 9.77. The van der Waals surface area contributed by atoms with E-state index in [0.717, 1.165) is 45.2 Å². The normalized spacial score (nSPS) is 30.1. The lowest BCUT2D eigenvalue weighted by molar-refractivity contribution is -0.138. The Labute approximate surface area is 172 Å². The average molecular weight is 411 g/mol. The van der Waals surface area contributed by atoms with Crippen LogP contribution in [0, 0.1) is 5.92 Å².